The van der Waals surface area contributed by atoms with Crippen LogP contribution >= 0.6 is 0 Å². The number of methoxy groups -OCH3 is 1. The van der Waals surface area contributed by atoms with Gasteiger partial charge in [0.15, 0.2) is 0 Å². The highest BCUT2D eigenvalue weighted by Crippen LogP contribution is 2.36. The topological polar surface area (TPSA) is 94.4 Å². The van der Waals surface area contributed by atoms with Gasteiger partial charge in [-0.2, -0.15) is 0 Å². The van der Waals surface area contributed by atoms with Crippen LogP contribution in [0.1, 0.15) is 0 Å². The molecule has 0 fully saturated rings. The van der Waals surface area contributed by atoms with Crippen LogP contribution in [0.2, 0.25) is 0 Å². The quantitative estimate of drug-likeness (QED) is 0.484. The summed E-state index contributed by atoms with van der Waals surface area (Å²) in [4.78, 5) is 1.62. The summed E-state index contributed by atoms with van der Waals surface area (Å²) < 4.78 is 39.0. The first-order valence-corrected chi connectivity index (χ1v) is 9.47. The van der Waals surface area contributed by atoms with Crippen LogP contribution in [-0.4, -0.2) is 34.2 Å². The van der Waals surface area contributed by atoms with E-state index >= 15 is 0 Å². The second kappa shape index (κ2) is 7.34. The number of ether oxygens (including phenoxy) is 1. The molecule has 0 aromatic heterocycles. The molecule has 3 rings (SSSR count). The molecule has 3 aromatic rings. The third-order valence-corrected chi connectivity index (χ3v) is 4.90. The van der Waals surface area contributed by atoms with Gasteiger partial charge < -0.3 is 14.2 Å². The second-order valence-electron chi connectivity index (χ2n) is 6.03. The summed E-state index contributed by atoms with van der Waals surface area (Å²) in [6, 6.07) is 15.3. The SMILES string of the molecule is COc1ccc(S(=O)(=O)[O-])cc1N=Nc1ccc(N(C)C)c2ccccc12. The number of nitrogens with zero attached hydrogens (tertiary/aromatic N) is 3. The van der Waals surface area contributed by atoms with Crippen LogP contribution in [0.15, 0.2) is 69.7 Å². The Morgan fingerprint density at radius 3 is 2.22 bits per heavy atom. The summed E-state index contributed by atoms with van der Waals surface area (Å²) in [7, 11) is 0.758. The standard InChI is InChI=1S/C19H19N3O4S/c1-22(2)18-10-9-16(14-6-4-5-7-15(14)18)20-21-17-12-13(27(23,24)25)8-11-19(17)26-3/h4-12H,1-3H3,(H,23,24,25)/p-1. The number of hydrogen-bond acceptors (Lipinski definition) is 7. The molecule has 0 aliphatic carbocycles. The molecule has 8 heteroatoms. The van der Waals surface area contributed by atoms with Gasteiger partial charge in [-0.15, -0.1) is 10.2 Å². The van der Waals surface area contributed by atoms with Crippen molar-refractivity contribution in [3.05, 3.63) is 54.6 Å². The lowest BCUT2D eigenvalue weighted by Crippen LogP contribution is -2.08. The Morgan fingerprint density at radius 1 is 0.926 bits per heavy atom. The van der Waals surface area contributed by atoms with Crippen molar-refractivity contribution in [2.45, 2.75) is 4.90 Å². The molecule has 27 heavy (non-hydrogen) atoms. The van der Waals surface area contributed by atoms with Crippen LogP contribution in [0.3, 0.4) is 0 Å². The Bertz CT molecular complexity index is 1130. The maximum atomic E-state index is 11.3. The van der Waals surface area contributed by atoms with Gasteiger partial charge in [-0.3, -0.25) is 0 Å². The molecular formula is C19H18N3O4S-. The van der Waals surface area contributed by atoms with Crippen molar-refractivity contribution >= 4 is 38.0 Å². The third-order valence-electron chi connectivity index (χ3n) is 4.06. The van der Waals surface area contributed by atoms with Crippen molar-refractivity contribution in [3.8, 4) is 5.75 Å². The van der Waals surface area contributed by atoms with Crippen molar-refractivity contribution in [1.29, 1.82) is 0 Å². The molecule has 0 unspecified atom stereocenters. The molecule has 0 saturated carbocycles. The Kier molecular flexibility index (Phi) is 5.11. The minimum atomic E-state index is -4.60. The van der Waals surface area contributed by atoms with Crippen molar-refractivity contribution in [1.82, 2.24) is 0 Å². The van der Waals surface area contributed by atoms with E-state index in [4.69, 9.17) is 4.74 Å². The number of rotatable bonds is 5. The molecule has 7 nitrogen and oxygen atoms in total. The van der Waals surface area contributed by atoms with Crippen LogP contribution in [-0.2, 0) is 10.1 Å². The van der Waals surface area contributed by atoms with Gasteiger partial charge in [-0.1, -0.05) is 24.3 Å². The van der Waals surface area contributed by atoms with Crippen molar-refractivity contribution in [2.24, 2.45) is 10.2 Å². The van der Waals surface area contributed by atoms with E-state index < -0.39 is 10.1 Å². The lowest BCUT2D eigenvalue weighted by atomic mass is 10.1. The van der Waals surface area contributed by atoms with Gasteiger partial charge in [0.1, 0.15) is 21.6 Å². The summed E-state index contributed by atoms with van der Waals surface area (Å²) in [6.07, 6.45) is 0. The van der Waals surface area contributed by atoms with Gasteiger partial charge in [0.05, 0.1) is 17.7 Å². The summed E-state index contributed by atoms with van der Waals surface area (Å²) in [5.41, 5.74) is 1.82. The molecule has 0 heterocycles. The largest absolute Gasteiger partial charge is 0.744 e. The molecule has 0 saturated heterocycles. The fraction of sp³-hybridized carbons (Fsp3) is 0.158. The molecule has 140 valence electrons. The smallest absolute Gasteiger partial charge is 0.146 e. The van der Waals surface area contributed by atoms with Gasteiger partial charge in [0.25, 0.3) is 0 Å². The summed E-state index contributed by atoms with van der Waals surface area (Å²) in [5.74, 6) is 0.320. The van der Waals surface area contributed by atoms with Gasteiger partial charge in [0.2, 0.25) is 0 Å². The van der Waals surface area contributed by atoms with Gasteiger partial charge >= 0.3 is 0 Å². The predicted octanol–water partition coefficient (Wildman–Crippen LogP) is 4.23. The number of anilines is 1. The van der Waals surface area contributed by atoms with Gasteiger partial charge in [0, 0.05) is 30.6 Å². The number of fused-ring (bicyclic) bond motifs is 1. The average molecular weight is 384 g/mol. The maximum Gasteiger partial charge on any atom is 0.146 e. The zero-order valence-corrected chi connectivity index (χ0v) is 15.9. The average Bonchev–Trinajstić information content (AvgIpc) is 2.64. The molecule has 0 amide bonds. The molecule has 0 atom stereocenters. The Hall–Kier alpha value is -2.97. The number of azo groups is 1. The highest BCUT2D eigenvalue weighted by molar-refractivity contribution is 7.85. The maximum absolute atomic E-state index is 11.3. The van der Waals surface area contributed by atoms with Gasteiger partial charge in [-0.05, 0) is 30.3 Å². The highest BCUT2D eigenvalue weighted by Gasteiger charge is 2.10. The fourth-order valence-electron chi connectivity index (χ4n) is 2.76. The Morgan fingerprint density at radius 2 is 1.59 bits per heavy atom. The summed E-state index contributed by atoms with van der Waals surface area (Å²) in [5, 5.41) is 10.3. The van der Waals surface area contributed by atoms with E-state index in [1.165, 1.54) is 19.2 Å². The molecular weight excluding hydrogens is 366 g/mol. The first kappa shape index (κ1) is 18.8. The predicted molar refractivity (Wildman–Crippen MR) is 103 cm³/mol. The number of benzene rings is 3. The molecule has 0 aliphatic rings. The van der Waals surface area contributed by atoms with E-state index in [0.717, 1.165) is 22.5 Å². The lowest BCUT2D eigenvalue weighted by Gasteiger charge is -2.16. The zero-order valence-electron chi connectivity index (χ0n) is 15.1. The van der Waals surface area contributed by atoms with Crippen LogP contribution in [0.4, 0.5) is 17.1 Å². The Labute approximate surface area is 157 Å². The van der Waals surface area contributed by atoms with Crippen molar-refractivity contribution < 1.29 is 17.7 Å². The lowest BCUT2D eigenvalue weighted by molar-refractivity contribution is 0.415. The zero-order chi connectivity index (χ0) is 19.6. The van der Waals surface area contributed by atoms with Gasteiger partial charge in [-0.25, -0.2) is 8.42 Å². The fourth-order valence-corrected chi connectivity index (χ4v) is 3.25. The number of hydrogen-bond donors (Lipinski definition) is 0. The first-order valence-electron chi connectivity index (χ1n) is 8.06. The summed E-state index contributed by atoms with van der Waals surface area (Å²) >= 11 is 0. The normalized spacial score (nSPS) is 11.9. The molecule has 3 aromatic carbocycles. The third kappa shape index (κ3) is 3.91. The van der Waals surface area contributed by atoms with E-state index in [1.54, 1.807) is 0 Å². The van der Waals surface area contributed by atoms with E-state index in [0.29, 0.717) is 11.4 Å². The minimum absolute atomic E-state index is 0.162. The molecule has 0 aliphatic heterocycles. The van der Waals surface area contributed by atoms with Crippen molar-refractivity contribution in [2.75, 3.05) is 26.1 Å². The second-order valence-corrected chi connectivity index (χ2v) is 7.41. The first-order chi connectivity index (χ1) is 12.8. The summed E-state index contributed by atoms with van der Waals surface area (Å²) in [6.45, 7) is 0. The van der Waals surface area contributed by atoms with Crippen LogP contribution < -0.4 is 9.64 Å². The van der Waals surface area contributed by atoms with Crippen LogP contribution in [0.5, 0.6) is 5.75 Å². The Balaban J connectivity index is 2.11. The van der Waals surface area contributed by atoms with E-state index in [-0.39, 0.29) is 10.6 Å². The molecule has 0 spiro atoms. The highest BCUT2D eigenvalue weighted by atomic mass is 32.2. The molecule has 0 bridgehead atoms. The van der Waals surface area contributed by atoms with Crippen LogP contribution in [0.25, 0.3) is 10.8 Å². The van der Waals surface area contributed by atoms with E-state index in [9.17, 15) is 13.0 Å². The molecule has 0 N–H and O–H groups in total. The van der Waals surface area contributed by atoms with Crippen molar-refractivity contribution in [3.63, 3.8) is 0 Å². The minimum Gasteiger partial charge on any atom is -0.744 e. The molecule has 0 radical (unpaired) electrons. The van der Waals surface area contributed by atoms with E-state index in [2.05, 4.69) is 10.2 Å². The van der Waals surface area contributed by atoms with E-state index in [1.807, 2.05) is 55.4 Å². The van der Waals surface area contributed by atoms with Crippen LogP contribution in [0, 0.1) is 0 Å². The monoisotopic (exact) mass is 384 g/mol.